The first-order valence-corrected chi connectivity index (χ1v) is 11.1. The van der Waals surface area contributed by atoms with Gasteiger partial charge in [-0.15, -0.1) is 0 Å². The van der Waals surface area contributed by atoms with Crippen molar-refractivity contribution in [3.8, 4) is 11.3 Å². The van der Waals surface area contributed by atoms with Gasteiger partial charge < -0.3 is 14.5 Å². The zero-order valence-corrected chi connectivity index (χ0v) is 18.4. The molecule has 8 heteroatoms. The van der Waals surface area contributed by atoms with E-state index in [2.05, 4.69) is 45.3 Å². The van der Waals surface area contributed by atoms with Gasteiger partial charge in [0, 0.05) is 36.1 Å². The number of amides is 1. The van der Waals surface area contributed by atoms with Crippen LogP contribution in [0.25, 0.3) is 16.9 Å². The molecule has 1 atom stereocenters. The maximum Gasteiger partial charge on any atom is 0.242 e. The Kier molecular flexibility index (Phi) is 5.06. The van der Waals surface area contributed by atoms with E-state index in [4.69, 9.17) is 4.74 Å². The smallest absolute Gasteiger partial charge is 0.242 e. The molecule has 2 aliphatic rings. The predicted molar refractivity (Wildman–Crippen MR) is 119 cm³/mol. The van der Waals surface area contributed by atoms with Crippen LogP contribution in [-0.4, -0.2) is 62.7 Å². The van der Waals surface area contributed by atoms with Gasteiger partial charge in [0.05, 0.1) is 31.1 Å². The van der Waals surface area contributed by atoms with E-state index in [1.54, 1.807) is 0 Å². The van der Waals surface area contributed by atoms with Crippen molar-refractivity contribution < 1.29 is 9.53 Å². The summed E-state index contributed by atoms with van der Waals surface area (Å²) in [6.07, 6.45) is 7.14. The molecule has 3 aromatic heterocycles. The number of anilines is 1. The highest BCUT2D eigenvalue weighted by molar-refractivity contribution is 5.94. The molecule has 8 nitrogen and oxygen atoms in total. The van der Waals surface area contributed by atoms with Crippen molar-refractivity contribution in [3.63, 3.8) is 0 Å². The van der Waals surface area contributed by atoms with Crippen LogP contribution in [0, 0.1) is 5.41 Å². The Hall–Kier alpha value is -2.71. The molecule has 0 bridgehead atoms. The Balaban J connectivity index is 1.35. The molecule has 0 aromatic carbocycles. The summed E-state index contributed by atoms with van der Waals surface area (Å²) in [6.45, 7) is 9.43. The molecular weight excluding hydrogens is 392 g/mol. The minimum absolute atomic E-state index is 0.0467. The number of nitrogens with one attached hydrogen (secondary N) is 2. The molecule has 0 saturated carbocycles. The van der Waals surface area contributed by atoms with Gasteiger partial charge in [-0.05, 0) is 43.7 Å². The number of rotatable bonds is 4. The lowest BCUT2D eigenvalue weighted by Crippen LogP contribution is -2.47. The van der Waals surface area contributed by atoms with Gasteiger partial charge >= 0.3 is 0 Å². The first-order valence-electron chi connectivity index (χ1n) is 11.1. The number of carbonyl (C=O) groups is 1. The normalized spacial score (nSPS) is 19.8. The van der Waals surface area contributed by atoms with E-state index >= 15 is 0 Å². The SMILES string of the molecule is C[C@@H](C(=O)Nc1cn2cc(-c3n[nH]c4c3CCC(C)(C)C4)ccc2n1)N1CCOCC1. The van der Waals surface area contributed by atoms with Crippen LogP contribution in [-0.2, 0) is 22.4 Å². The number of hydrogen-bond donors (Lipinski definition) is 2. The highest BCUT2D eigenvalue weighted by Gasteiger charge is 2.29. The molecule has 0 unspecified atom stereocenters. The largest absolute Gasteiger partial charge is 0.379 e. The zero-order chi connectivity index (χ0) is 21.6. The Morgan fingerprint density at radius 1 is 1.26 bits per heavy atom. The number of pyridine rings is 1. The Morgan fingerprint density at radius 3 is 2.87 bits per heavy atom. The number of nitrogens with zero attached hydrogens (tertiary/aromatic N) is 4. The number of hydrogen-bond acceptors (Lipinski definition) is 5. The summed E-state index contributed by atoms with van der Waals surface area (Å²) in [5, 5.41) is 10.9. The van der Waals surface area contributed by atoms with Crippen LogP contribution in [0.1, 0.15) is 38.4 Å². The van der Waals surface area contributed by atoms with Crippen LogP contribution in [0.15, 0.2) is 24.5 Å². The van der Waals surface area contributed by atoms with E-state index < -0.39 is 0 Å². The van der Waals surface area contributed by atoms with Gasteiger partial charge in [-0.2, -0.15) is 5.10 Å². The topological polar surface area (TPSA) is 87.6 Å². The molecule has 1 aliphatic carbocycles. The van der Waals surface area contributed by atoms with Crippen LogP contribution >= 0.6 is 0 Å². The minimum atomic E-state index is -0.218. The molecule has 4 heterocycles. The molecule has 1 saturated heterocycles. The fourth-order valence-corrected chi connectivity index (χ4v) is 4.64. The van der Waals surface area contributed by atoms with Crippen molar-refractivity contribution in [1.82, 2.24) is 24.5 Å². The van der Waals surface area contributed by atoms with Crippen molar-refractivity contribution in [3.05, 3.63) is 35.8 Å². The number of ether oxygens (including phenoxy) is 1. The first kappa shape index (κ1) is 20.2. The maximum atomic E-state index is 12.7. The molecule has 164 valence electrons. The minimum Gasteiger partial charge on any atom is -0.379 e. The van der Waals surface area contributed by atoms with Crippen molar-refractivity contribution in [1.29, 1.82) is 0 Å². The molecular formula is C23H30N6O2. The van der Waals surface area contributed by atoms with E-state index in [0.29, 0.717) is 24.4 Å². The van der Waals surface area contributed by atoms with Gasteiger partial charge in [0.1, 0.15) is 5.65 Å². The second kappa shape index (κ2) is 7.76. The van der Waals surface area contributed by atoms with E-state index in [-0.39, 0.29) is 11.9 Å². The summed E-state index contributed by atoms with van der Waals surface area (Å²) in [5.41, 5.74) is 5.77. The van der Waals surface area contributed by atoms with Gasteiger partial charge in [-0.3, -0.25) is 14.8 Å². The van der Waals surface area contributed by atoms with E-state index in [1.165, 1.54) is 11.3 Å². The average molecular weight is 423 g/mol. The van der Waals surface area contributed by atoms with Crippen LogP contribution in [0.3, 0.4) is 0 Å². The molecule has 2 N–H and O–H groups in total. The van der Waals surface area contributed by atoms with E-state index in [0.717, 1.165) is 49.3 Å². The van der Waals surface area contributed by atoms with Crippen LogP contribution in [0.5, 0.6) is 0 Å². The van der Waals surface area contributed by atoms with Gasteiger partial charge in [0.25, 0.3) is 0 Å². The first-order chi connectivity index (χ1) is 14.9. The standard InChI is InChI=1S/C23H30N6O2/c1-15(28-8-10-31-11-9-28)22(30)25-19-14-29-13-16(4-5-20(29)24-19)21-17-6-7-23(2,3)12-18(17)26-27-21/h4-5,13-15H,6-12H2,1-3H3,(H,25,30)(H,26,27)/t15-/m0/s1. The Bertz CT molecular complexity index is 1110. The molecule has 1 aliphatic heterocycles. The number of imidazole rings is 1. The summed E-state index contributed by atoms with van der Waals surface area (Å²) in [6, 6.07) is 3.81. The highest BCUT2D eigenvalue weighted by atomic mass is 16.5. The summed E-state index contributed by atoms with van der Waals surface area (Å²) >= 11 is 0. The second-order valence-electron chi connectivity index (χ2n) is 9.49. The fraction of sp³-hybridized carbons (Fsp3) is 0.522. The lowest BCUT2D eigenvalue weighted by Gasteiger charge is -2.31. The van der Waals surface area contributed by atoms with Crippen molar-refractivity contribution in [2.45, 2.75) is 46.1 Å². The van der Waals surface area contributed by atoms with Gasteiger partial charge in [0.2, 0.25) is 5.91 Å². The predicted octanol–water partition coefficient (Wildman–Crippen LogP) is 2.90. The third-order valence-electron chi connectivity index (χ3n) is 6.61. The van der Waals surface area contributed by atoms with Gasteiger partial charge in [0.15, 0.2) is 5.82 Å². The average Bonchev–Trinajstić information content (AvgIpc) is 3.35. The molecule has 1 fully saturated rings. The molecule has 1 amide bonds. The Morgan fingerprint density at radius 2 is 2.06 bits per heavy atom. The zero-order valence-electron chi connectivity index (χ0n) is 18.4. The quantitative estimate of drug-likeness (QED) is 0.675. The number of aromatic nitrogens is 4. The molecule has 0 spiro atoms. The summed E-state index contributed by atoms with van der Waals surface area (Å²) in [4.78, 5) is 19.4. The van der Waals surface area contributed by atoms with Crippen LogP contribution < -0.4 is 5.32 Å². The number of fused-ring (bicyclic) bond motifs is 2. The molecule has 3 aromatic rings. The molecule has 0 radical (unpaired) electrons. The van der Waals surface area contributed by atoms with E-state index in [9.17, 15) is 4.79 Å². The van der Waals surface area contributed by atoms with Crippen molar-refractivity contribution in [2.75, 3.05) is 31.6 Å². The number of H-pyrrole nitrogens is 1. The third-order valence-corrected chi connectivity index (χ3v) is 6.61. The van der Waals surface area contributed by atoms with Crippen LogP contribution in [0.2, 0.25) is 0 Å². The van der Waals surface area contributed by atoms with E-state index in [1.807, 2.05) is 29.8 Å². The van der Waals surface area contributed by atoms with Gasteiger partial charge in [-0.1, -0.05) is 13.8 Å². The summed E-state index contributed by atoms with van der Waals surface area (Å²) in [5.74, 6) is 0.516. The maximum absolute atomic E-state index is 12.7. The molecule has 5 rings (SSSR count). The summed E-state index contributed by atoms with van der Waals surface area (Å²) in [7, 11) is 0. The monoisotopic (exact) mass is 422 g/mol. The second-order valence-corrected chi connectivity index (χ2v) is 9.49. The number of aromatic amines is 1. The van der Waals surface area contributed by atoms with Crippen LogP contribution in [0.4, 0.5) is 5.82 Å². The Labute approximate surface area is 182 Å². The third kappa shape index (κ3) is 3.97. The fourth-order valence-electron chi connectivity index (χ4n) is 4.64. The summed E-state index contributed by atoms with van der Waals surface area (Å²) < 4.78 is 7.33. The lowest BCUT2D eigenvalue weighted by atomic mass is 9.76. The highest BCUT2D eigenvalue weighted by Crippen LogP contribution is 2.37. The van der Waals surface area contributed by atoms with Gasteiger partial charge in [-0.25, -0.2) is 4.98 Å². The molecule has 31 heavy (non-hydrogen) atoms. The lowest BCUT2D eigenvalue weighted by molar-refractivity contribution is -0.122. The number of morpholine rings is 1. The van der Waals surface area contributed by atoms with Crippen molar-refractivity contribution in [2.24, 2.45) is 5.41 Å². The number of carbonyl (C=O) groups excluding carboxylic acids is 1. The van der Waals surface area contributed by atoms with Crippen molar-refractivity contribution >= 4 is 17.4 Å².